The van der Waals surface area contributed by atoms with Gasteiger partial charge in [-0.1, -0.05) is 25.5 Å². The van der Waals surface area contributed by atoms with Crippen molar-refractivity contribution in [1.82, 2.24) is 14.5 Å². The Hall–Kier alpha value is -1.92. The molecule has 0 amide bonds. The standard InChI is InChI=1S/C16H25N3O3/c1-4-7-14(20)13(18(9-5-2)10-6-3)12-19-11-8-15(21)17-16(19)22/h5-6,8,11,13-14,20H,2-4,7,9-10,12H2,1H3,(H,17,21,22)/t13-,14+/m0/s1. The van der Waals surface area contributed by atoms with Gasteiger partial charge in [0.05, 0.1) is 12.1 Å². The molecule has 0 saturated carbocycles. The average molecular weight is 307 g/mol. The molecule has 2 N–H and O–H groups in total. The third kappa shape index (κ3) is 5.13. The average Bonchev–Trinajstić information content (AvgIpc) is 2.46. The minimum Gasteiger partial charge on any atom is -0.391 e. The van der Waals surface area contributed by atoms with Crippen LogP contribution >= 0.6 is 0 Å². The number of hydrogen-bond acceptors (Lipinski definition) is 4. The molecule has 122 valence electrons. The lowest BCUT2D eigenvalue weighted by molar-refractivity contribution is 0.0443. The Kier molecular flexibility index (Phi) is 7.56. The minimum absolute atomic E-state index is 0.264. The Bertz CT molecular complexity index is 581. The van der Waals surface area contributed by atoms with Crippen molar-refractivity contribution in [2.75, 3.05) is 13.1 Å². The first-order valence-electron chi connectivity index (χ1n) is 7.47. The van der Waals surface area contributed by atoms with Gasteiger partial charge in [-0.25, -0.2) is 4.79 Å². The van der Waals surface area contributed by atoms with E-state index in [1.807, 2.05) is 11.8 Å². The van der Waals surface area contributed by atoms with Gasteiger partial charge >= 0.3 is 5.69 Å². The first kappa shape index (κ1) is 18.1. The lowest BCUT2D eigenvalue weighted by Gasteiger charge is -2.33. The highest BCUT2D eigenvalue weighted by Crippen LogP contribution is 2.12. The first-order chi connectivity index (χ1) is 10.5. The molecule has 0 bridgehead atoms. The van der Waals surface area contributed by atoms with Gasteiger partial charge in [0.1, 0.15) is 0 Å². The van der Waals surface area contributed by atoms with Gasteiger partial charge in [-0.05, 0) is 6.42 Å². The van der Waals surface area contributed by atoms with Crippen LogP contribution in [-0.2, 0) is 6.54 Å². The van der Waals surface area contributed by atoms with Gasteiger partial charge < -0.3 is 5.11 Å². The summed E-state index contributed by atoms with van der Waals surface area (Å²) in [5.74, 6) is 0. The molecule has 2 atom stereocenters. The third-order valence-corrected chi connectivity index (χ3v) is 3.51. The molecular weight excluding hydrogens is 282 g/mol. The van der Waals surface area contributed by atoms with Crippen molar-refractivity contribution in [2.45, 2.75) is 38.5 Å². The van der Waals surface area contributed by atoms with Crippen LogP contribution in [0, 0.1) is 0 Å². The van der Waals surface area contributed by atoms with E-state index in [1.165, 1.54) is 16.8 Å². The van der Waals surface area contributed by atoms with Crippen molar-refractivity contribution in [3.8, 4) is 0 Å². The van der Waals surface area contributed by atoms with Crippen LogP contribution in [0.1, 0.15) is 19.8 Å². The fraction of sp³-hybridized carbons (Fsp3) is 0.500. The molecule has 1 rings (SSSR count). The monoisotopic (exact) mass is 307 g/mol. The maximum absolute atomic E-state index is 11.9. The van der Waals surface area contributed by atoms with E-state index in [-0.39, 0.29) is 6.04 Å². The van der Waals surface area contributed by atoms with Crippen LogP contribution < -0.4 is 11.2 Å². The van der Waals surface area contributed by atoms with Crippen LogP contribution in [0.2, 0.25) is 0 Å². The molecule has 6 heteroatoms. The van der Waals surface area contributed by atoms with Crippen molar-refractivity contribution in [3.05, 3.63) is 58.4 Å². The zero-order valence-corrected chi connectivity index (χ0v) is 13.1. The summed E-state index contributed by atoms with van der Waals surface area (Å²) in [5, 5.41) is 10.4. The fourth-order valence-electron chi connectivity index (χ4n) is 2.44. The minimum atomic E-state index is -0.580. The Labute approximate surface area is 130 Å². The number of aliphatic hydroxyl groups excluding tert-OH is 1. The summed E-state index contributed by atoms with van der Waals surface area (Å²) in [6.07, 6.45) is 5.85. The molecule has 0 aliphatic rings. The molecule has 1 aromatic rings. The number of nitrogens with one attached hydrogen (secondary N) is 1. The van der Waals surface area contributed by atoms with Gasteiger partial charge in [-0.2, -0.15) is 0 Å². The molecule has 0 spiro atoms. The van der Waals surface area contributed by atoms with Crippen LogP contribution in [-0.4, -0.2) is 44.8 Å². The SMILES string of the molecule is C=CCN(CC=C)[C@@H](Cn1ccc(=O)[nH]c1=O)[C@H](O)CCC. The zero-order valence-electron chi connectivity index (χ0n) is 13.1. The predicted molar refractivity (Wildman–Crippen MR) is 88.0 cm³/mol. The van der Waals surface area contributed by atoms with Gasteiger partial charge in [0.25, 0.3) is 5.56 Å². The first-order valence-corrected chi connectivity index (χ1v) is 7.47. The molecule has 0 aliphatic heterocycles. The number of aromatic nitrogens is 2. The summed E-state index contributed by atoms with van der Waals surface area (Å²) < 4.78 is 1.41. The van der Waals surface area contributed by atoms with Crippen molar-refractivity contribution in [1.29, 1.82) is 0 Å². The van der Waals surface area contributed by atoms with Crippen molar-refractivity contribution < 1.29 is 5.11 Å². The zero-order chi connectivity index (χ0) is 16.5. The molecule has 0 aliphatic carbocycles. The van der Waals surface area contributed by atoms with Gasteiger partial charge in [0.15, 0.2) is 0 Å². The Morgan fingerprint density at radius 2 is 2.00 bits per heavy atom. The molecule has 6 nitrogen and oxygen atoms in total. The van der Waals surface area contributed by atoms with Crippen LogP contribution in [0.5, 0.6) is 0 Å². The van der Waals surface area contributed by atoms with E-state index in [1.54, 1.807) is 12.2 Å². The predicted octanol–water partition coefficient (Wildman–Crippen LogP) is 0.740. The van der Waals surface area contributed by atoms with Gasteiger partial charge in [0, 0.05) is 31.9 Å². The Balaban J connectivity index is 3.07. The summed E-state index contributed by atoms with van der Waals surface area (Å²) >= 11 is 0. The molecule has 0 saturated heterocycles. The second-order valence-electron chi connectivity index (χ2n) is 5.22. The van der Waals surface area contributed by atoms with Gasteiger partial charge in [-0.3, -0.25) is 19.2 Å². The van der Waals surface area contributed by atoms with Crippen molar-refractivity contribution in [2.24, 2.45) is 0 Å². The number of aromatic amines is 1. The second kappa shape index (κ2) is 9.17. The molecule has 22 heavy (non-hydrogen) atoms. The Morgan fingerprint density at radius 1 is 1.36 bits per heavy atom. The van der Waals surface area contributed by atoms with Crippen LogP contribution in [0.3, 0.4) is 0 Å². The highest BCUT2D eigenvalue weighted by atomic mass is 16.3. The third-order valence-electron chi connectivity index (χ3n) is 3.51. The quantitative estimate of drug-likeness (QED) is 0.625. The molecule has 0 fully saturated rings. The van der Waals surface area contributed by atoms with E-state index in [4.69, 9.17) is 0 Å². The van der Waals surface area contributed by atoms with Gasteiger partial charge in [0.2, 0.25) is 0 Å². The lowest BCUT2D eigenvalue weighted by Crippen LogP contribution is -2.48. The number of H-pyrrole nitrogens is 1. The highest BCUT2D eigenvalue weighted by Gasteiger charge is 2.25. The molecule has 1 aromatic heterocycles. The molecule has 0 aromatic carbocycles. The summed E-state index contributed by atoms with van der Waals surface area (Å²) in [6, 6.07) is 1.04. The Morgan fingerprint density at radius 3 is 2.50 bits per heavy atom. The summed E-state index contributed by atoms with van der Waals surface area (Å²) in [6.45, 7) is 10.9. The van der Waals surface area contributed by atoms with Crippen molar-refractivity contribution >= 4 is 0 Å². The van der Waals surface area contributed by atoms with Crippen LogP contribution in [0.4, 0.5) is 0 Å². The van der Waals surface area contributed by atoms with E-state index in [2.05, 4.69) is 18.1 Å². The van der Waals surface area contributed by atoms with E-state index < -0.39 is 17.4 Å². The van der Waals surface area contributed by atoms with E-state index in [0.29, 0.717) is 26.1 Å². The molecular formula is C16H25N3O3. The topological polar surface area (TPSA) is 78.3 Å². The molecule has 0 unspecified atom stereocenters. The fourth-order valence-corrected chi connectivity index (χ4v) is 2.44. The maximum Gasteiger partial charge on any atom is 0.328 e. The summed E-state index contributed by atoms with van der Waals surface area (Å²) in [7, 11) is 0. The van der Waals surface area contributed by atoms with Crippen molar-refractivity contribution in [3.63, 3.8) is 0 Å². The number of hydrogen-bond donors (Lipinski definition) is 2. The summed E-state index contributed by atoms with van der Waals surface area (Å²) in [4.78, 5) is 27.3. The largest absolute Gasteiger partial charge is 0.391 e. The summed E-state index contributed by atoms with van der Waals surface area (Å²) in [5.41, 5.74) is -0.903. The normalized spacial score (nSPS) is 13.8. The smallest absolute Gasteiger partial charge is 0.328 e. The number of aliphatic hydroxyl groups is 1. The number of nitrogens with zero attached hydrogens (tertiary/aromatic N) is 2. The number of rotatable bonds is 10. The second-order valence-corrected chi connectivity index (χ2v) is 5.22. The maximum atomic E-state index is 11.9. The molecule has 0 radical (unpaired) electrons. The highest BCUT2D eigenvalue weighted by molar-refractivity contribution is 4.90. The van der Waals surface area contributed by atoms with Crippen LogP contribution in [0.25, 0.3) is 0 Å². The van der Waals surface area contributed by atoms with Gasteiger partial charge in [-0.15, -0.1) is 13.2 Å². The van der Waals surface area contributed by atoms with E-state index >= 15 is 0 Å². The van der Waals surface area contributed by atoms with Crippen LogP contribution in [0.15, 0.2) is 47.2 Å². The van der Waals surface area contributed by atoms with E-state index in [9.17, 15) is 14.7 Å². The lowest BCUT2D eigenvalue weighted by atomic mass is 10.0. The van der Waals surface area contributed by atoms with E-state index in [0.717, 1.165) is 6.42 Å². The molecule has 1 heterocycles.